The summed E-state index contributed by atoms with van der Waals surface area (Å²) in [5, 5.41) is 0.969. The van der Waals surface area contributed by atoms with Crippen molar-refractivity contribution in [2.24, 2.45) is 5.92 Å². The fourth-order valence-electron chi connectivity index (χ4n) is 4.22. The number of piperidine rings is 1. The molecule has 0 N–H and O–H groups in total. The van der Waals surface area contributed by atoms with E-state index in [4.69, 9.17) is 9.47 Å². The highest BCUT2D eigenvalue weighted by Crippen LogP contribution is 2.25. The first-order chi connectivity index (χ1) is 13.6. The number of carbonyl (C=O) groups excluding carboxylic acids is 1. The lowest BCUT2D eigenvalue weighted by Gasteiger charge is -2.36. The van der Waals surface area contributed by atoms with E-state index in [-0.39, 0.29) is 5.91 Å². The molecule has 3 heterocycles. The summed E-state index contributed by atoms with van der Waals surface area (Å²) in [6, 6.07) is 7.75. The largest absolute Gasteiger partial charge is 0.497 e. The summed E-state index contributed by atoms with van der Waals surface area (Å²) in [5.41, 5.74) is 2.35. The Kier molecular flexibility index (Phi) is 5.78. The number of carbonyl (C=O) groups is 1. The molecule has 0 radical (unpaired) electrons. The summed E-state index contributed by atoms with van der Waals surface area (Å²) in [5.74, 6) is 1.55. The van der Waals surface area contributed by atoms with Gasteiger partial charge >= 0.3 is 0 Å². The molecular formula is C22H29N3O3. The number of nitrogens with zero attached hydrogens (tertiary/aromatic N) is 3. The molecule has 28 heavy (non-hydrogen) atoms. The van der Waals surface area contributed by atoms with Crippen molar-refractivity contribution in [3.63, 3.8) is 0 Å². The lowest BCUT2D eigenvalue weighted by atomic mass is 9.95. The van der Waals surface area contributed by atoms with E-state index >= 15 is 0 Å². The second-order valence-electron chi connectivity index (χ2n) is 7.83. The predicted octanol–water partition coefficient (Wildman–Crippen LogP) is 2.74. The molecule has 2 aliphatic rings. The SMILES string of the molecule is COc1ccc2cc(C(=O)N3CCC(CN4CCOCC4)CC3)c(C)nc2c1. The summed E-state index contributed by atoms with van der Waals surface area (Å²) in [6.07, 6.45) is 2.14. The molecule has 0 saturated carbocycles. The molecule has 0 unspecified atom stereocenters. The van der Waals surface area contributed by atoms with Crippen LogP contribution in [0.15, 0.2) is 24.3 Å². The van der Waals surface area contributed by atoms with E-state index < -0.39 is 0 Å². The number of morpholine rings is 1. The first-order valence-electron chi connectivity index (χ1n) is 10.2. The highest BCUT2D eigenvalue weighted by molar-refractivity contribution is 5.98. The lowest BCUT2D eigenvalue weighted by molar-refractivity contribution is 0.0243. The first-order valence-corrected chi connectivity index (χ1v) is 10.2. The molecule has 2 saturated heterocycles. The average molecular weight is 383 g/mol. The minimum atomic E-state index is 0.104. The Morgan fingerprint density at radius 2 is 1.93 bits per heavy atom. The van der Waals surface area contributed by atoms with E-state index in [1.807, 2.05) is 36.1 Å². The van der Waals surface area contributed by atoms with Gasteiger partial charge in [-0.05, 0) is 43.9 Å². The third-order valence-electron chi connectivity index (χ3n) is 5.97. The number of amides is 1. The van der Waals surface area contributed by atoms with Gasteiger partial charge < -0.3 is 14.4 Å². The van der Waals surface area contributed by atoms with Crippen LogP contribution in [0.5, 0.6) is 5.75 Å². The monoisotopic (exact) mass is 383 g/mol. The van der Waals surface area contributed by atoms with Crippen LogP contribution in [0, 0.1) is 12.8 Å². The molecule has 2 aromatic rings. The summed E-state index contributed by atoms with van der Waals surface area (Å²) in [4.78, 5) is 22.3. The zero-order valence-electron chi connectivity index (χ0n) is 16.8. The number of methoxy groups -OCH3 is 1. The number of pyridine rings is 1. The van der Waals surface area contributed by atoms with Crippen molar-refractivity contribution in [2.75, 3.05) is 53.0 Å². The molecule has 0 bridgehead atoms. The lowest BCUT2D eigenvalue weighted by Crippen LogP contribution is -2.44. The Morgan fingerprint density at radius 1 is 1.18 bits per heavy atom. The Balaban J connectivity index is 1.41. The smallest absolute Gasteiger partial charge is 0.255 e. The molecule has 6 heteroatoms. The highest BCUT2D eigenvalue weighted by Gasteiger charge is 2.26. The van der Waals surface area contributed by atoms with E-state index in [1.54, 1.807) is 7.11 Å². The van der Waals surface area contributed by atoms with Crippen molar-refractivity contribution in [1.82, 2.24) is 14.8 Å². The molecule has 2 aliphatic heterocycles. The normalized spacial score (nSPS) is 19.1. The van der Waals surface area contributed by atoms with Crippen LogP contribution >= 0.6 is 0 Å². The summed E-state index contributed by atoms with van der Waals surface area (Å²) < 4.78 is 10.7. The van der Waals surface area contributed by atoms with Gasteiger partial charge in [0.2, 0.25) is 0 Å². The molecule has 150 valence electrons. The number of likely N-dealkylation sites (tertiary alicyclic amines) is 1. The second-order valence-corrected chi connectivity index (χ2v) is 7.83. The van der Waals surface area contributed by atoms with E-state index in [0.717, 1.165) is 81.1 Å². The standard InChI is InChI=1S/C22H29N3O3/c1-16-20(13-18-3-4-19(27-2)14-21(18)23-16)22(26)25-7-5-17(6-8-25)15-24-9-11-28-12-10-24/h3-4,13-14,17H,5-12,15H2,1-2H3. The minimum Gasteiger partial charge on any atom is -0.497 e. The van der Waals surface area contributed by atoms with Crippen molar-refractivity contribution in [3.8, 4) is 5.75 Å². The predicted molar refractivity (Wildman–Crippen MR) is 109 cm³/mol. The third-order valence-corrected chi connectivity index (χ3v) is 5.97. The number of hydrogen-bond donors (Lipinski definition) is 0. The quantitative estimate of drug-likeness (QED) is 0.813. The van der Waals surface area contributed by atoms with E-state index in [1.165, 1.54) is 0 Å². The fraction of sp³-hybridized carbons (Fsp3) is 0.545. The van der Waals surface area contributed by atoms with Crippen LogP contribution in [0.1, 0.15) is 28.9 Å². The topological polar surface area (TPSA) is 54.9 Å². The Hall–Kier alpha value is -2.18. The summed E-state index contributed by atoms with van der Waals surface area (Å²) in [7, 11) is 1.65. The van der Waals surface area contributed by atoms with Crippen LogP contribution < -0.4 is 4.74 Å². The zero-order valence-corrected chi connectivity index (χ0v) is 16.8. The minimum absolute atomic E-state index is 0.104. The molecule has 4 rings (SSSR count). The number of benzene rings is 1. The zero-order chi connectivity index (χ0) is 19.5. The Bertz CT molecular complexity index is 840. The first kappa shape index (κ1) is 19.2. The van der Waals surface area contributed by atoms with Crippen molar-refractivity contribution in [1.29, 1.82) is 0 Å². The fourth-order valence-corrected chi connectivity index (χ4v) is 4.22. The van der Waals surface area contributed by atoms with Gasteiger partial charge in [0, 0.05) is 44.2 Å². The Labute approximate surface area is 166 Å². The molecule has 0 aliphatic carbocycles. The average Bonchev–Trinajstić information content (AvgIpc) is 2.73. The van der Waals surface area contributed by atoms with Gasteiger partial charge in [0.05, 0.1) is 37.1 Å². The van der Waals surface area contributed by atoms with E-state index in [9.17, 15) is 4.79 Å². The van der Waals surface area contributed by atoms with Gasteiger partial charge in [-0.25, -0.2) is 0 Å². The van der Waals surface area contributed by atoms with Crippen molar-refractivity contribution in [3.05, 3.63) is 35.5 Å². The molecule has 1 amide bonds. The molecule has 2 fully saturated rings. The Morgan fingerprint density at radius 3 is 2.64 bits per heavy atom. The number of aryl methyl sites for hydroxylation is 1. The number of rotatable bonds is 4. The molecule has 0 spiro atoms. The number of ether oxygens (including phenoxy) is 2. The van der Waals surface area contributed by atoms with Gasteiger partial charge in [0.1, 0.15) is 5.75 Å². The maximum absolute atomic E-state index is 13.1. The van der Waals surface area contributed by atoms with E-state index in [0.29, 0.717) is 11.5 Å². The number of hydrogen-bond acceptors (Lipinski definition) is 5. The van der Waals surface area contributed by atoms with Gasteiger partial charge in [0.15, 0.2) is 0 Å². The van der Waals surface area contributed by atoms with Crippen LogP contribution in [0.3, 0.4) is 0 Å². The molecule has 6 nitrogen and oxygen atoms in total. The summed E-state index contributed by atoms with van der Waals surface area (Å²) >= 11 is 0. The van der Waals surface area contributed by atoms with Crippen LogP contribution in [-0.2, 0) is 4.74 Å². The summed E-state index contributed by atoms with van der Waals surface area (Å²) in [6.45, 7) is 8.45. The number of aromatic nitrogens is 1. The van der Waals surface area contributed by atoms with Gasteiger partial charge in [-0.3, -0.25) is 14.7 Å². The maximum atomic E-state index is 13.1. The van der Waals surface area contributed by atoms with Crippen LogP contribution in [0.2, 0.25) is 0 Å². The maximum Gasteiger partial charge on any atom is 0.255 e. The molecule has 1 aromatic heterocycles. The van der Waals surface area contributed by atoms with Crippen LogP contribution in [0.25, 0.3) is 10.9 Å². The van der Waals surface area contributed by atoms with Crippen molar-refractivity contribution < 1.29 is 14.3 Å². The van der Waals surface area contributed by atoms with Gasteiger partial charge in [-0.15, -0.1) is 0 Å². The molecule has 0 atom stereocenters. The highest BCUT2D eigenvalue weighted by atomic mass is 16.5. The third kappa shape index (κ3) is 4.13. The number of fused-ring (bicyclic) bond motifs is 1. The molecular weight excluding hydrogens is 354 g/mol. The second kappa shape index (κ2) is 8.45. The van der Waals surface area contributed by atoms with E-state index in [2.05, 4.69) is 9.88 Å². The van der Waals surface area contributed by atoms with Gasteiger partial charge in [-0.1, -0.05) is 0 Å². The van der Waals surface area contributed by atoms with Crippen molar-refractivity contribution >= 4 is 16.8 Å². The van der Waals surface area contributed by atoms with Crippen LogP contribution in [-0.4, -0.2) is 73.7 Å². The van der Waals surface area contributed by atoms with Gasteiger partial charge in [-0.2, -0.15) is 0 Å². The van der Waals surface area contributed by atoms with Gasteiger partial charge in [0.25, 0.3) is 5.91 Å². The van der Waals surface area contributed by atoms with Crippen LogP contribution in [0.4, 0.5) is 0 Å². The molecule has 1 aromatic carbocycles. The van der Waals surface area contributed by atoms with Crippen molar-refractivity contribution in [2.45, 2.75) is 19.8 Å².